The lowest BCUT2D eigenvalue weighted by atomic mass is 10.1. The van der Waals surface area contributed by atoms with Gasteiger partial charge in [0.2, 0.25) is 18.6 Å². The molecular weight excluding hydrogens is 484 g/mol. The van der Waals surface area contributed by atoms with E-state index >= 15 is 0 Å². The van der Waals surface area contributed by atoms with Gasteiger partial charge in [-0.25, -0.2) is 8.42 Å². The summed E-state index contributed by atoms with van der Waals surface area (Å²) in [6, 6.07) is 18.0. The number of hydrogen-bond acceptors (Lipinski definition) is 7. The molecule has 0 radical (unpaired) electrons. The van der Waals surface area contributed by atoms with Crippen molar-refractivity contribution in [3.05, 3.63) is 72.3 Å². The molecule has 0 aliphatic carbocycles. The molecule has 0 saturated carbocycles. The molecule has 9 nitrogen and oxygen atoms in total. The van der Waals surface area contributed by atoms with Gasteiger partial charge in [-0.05, 0) is 48.9 Å². The molecule has 1 atom stereocenters. The van der Waals surface area contributed by atoms with Crippen molar-refractivity contribution in [1.82, 2.24) is 0 Å². The molecule has 0 spiro atoms. The summed E-state index contributed by atoms with van der Waals surface area (Å²) in [5.41, 5.74) is 1.05. The molecule has 0 bridgehead atoms. The zero-order valence-corrected chi connectivity index (χ0v) is 20.3. The highest BCUT2D eigenvalue weighted by Gasteiger charge is 2.40. The van der Waals surface area contributed by atoms with E-state index in [9.17, 15) is 18.0 Å². The average molecular weight is 509 g/mol. The van der Waals surface area contributed by atoms with Crippen LogP contribution in [-0.4, -0.2) is 40.2 Å². The third-order valence-electron chi connectivity index (χ3n) is 6.03. The minimum absolute atomic E-state index is 0.0129. The predicted octanol–water partition coefficient (Wildman–Crippen LogP) is 3.70. The van der Waals surface area contributed by atoms with Gasteiger partial charge in [0.15, 0.2) is 21.3 Å². The lowest BCUT2D eigenvalue weighted by molar-refractivity contribution is -0.121. The second-order valence-electron chi connectivity index (χ2n) is 8.28. The van der Waals surface area contributed by atoms with E-state index in [1.165, 1.54) is 17.0 Å². The smallest absolute Gasteiger partial charge is 0.244 e. The zero-order chi connectivity index (χ0) is 25.3. The lowest BCUT2D eigenvalue weighted by Crippen LogP contribution is -2.38. The molecule has 36 heavy (non-hydrogen) atoms. The Balaban J connectivity index is 1.47. The standard InChI is InChI=1S/C26H24N2O7S/c1-2-33-20-9-5-3-7-18(20)27-25(29)15-28-19-8-4-6-10-23(19)36(31,32)24(14-26(28)30)17-11-12-21-22(13-17)35-16-34-21/h3-13,24H,2,14-16H2,1H3,(H,27,29). The Morgan fingerprint density at radius 2 is 1.81 bits per heavy atom. The van der Waals surface area contributed by atoms with Crippen LogP contribution in [0.4, 0.5) is 11.4 Å². The van der Waals surface area contributed by atoms with Gasteiger partial charge in [0.05, 0.1) is 28.1 Å². The Hall–Kier alpha value is -4.05. The molecule has 2 amide bonds. The van der Waals surface area contributed by atoms with Crippen LogP contribution in [0.5, 0.6) is 17.2 Å². The maximum atomic E-state index is 13.7. The Bertz CT molecular complexity index is 1440. The number of hydrogen-bond donors (Lipinski definition) is 1. The van der Waals surface area contributed by atoms with Crippen LogP contribution in [-0.2, 0) is 19.4 Å². The van der Waals surface area contributed by atoms with Gasteiger partial charge in [-0.15, -0.1) is 0 Å². The molecule has 186 valence electrons. The van der Waals surface area contributed by atoms with Crippen LogP contribution < -0.4 is 24.4 Å². The van der Waals surface area contributed by atoms with Gasteiger partial charge >= 0.3 is 0 Å². The molecular formula is C26H24N2O7S. The zero-order valence-electron chi connectivity index (χ0n) is 19.5. The van der Waals surface area contributed by atoms with Crippen molar-refractivity contribution in [1.29, 1.82) is 0 Å². The van der Waals surface area contributed by atoms with Crippen LogP contribution in [0.3, 0.4) is 0 Å². The quantitative estimate of drug-likeness (QED) is 0.540. The summed E-state index contributed by atoms with van der Waals surface area (Å²) in [6.45, 7) is 1.94. The Morgan fingerprint density at radius 3 is 2.64 bits per heavy atom. The highest BCUT2D eigenvalue weighted by Crippen LogP contribution is 2.43. The second-order valence-corrected chi connectivity index (χ2v) is 10.4. The highest BCUT2D eigenvalue weighted by molar-refractivity contribution is 7.92. The molecule has 5 rings (SSSR count). The van der Waals surface area contributed by atoms with E-state index in [0.29, 0.717) is 35.1 Å². The maximum Gasteiger partial charge on any atom is 0.244 e. The van der Waals surface area contributed by atoms with Crippen molar-refractivity contribution >= 4 is 33.0 Å². The first-order valence-corrected chi connectivity index (χ1v) is 13.0. The highest BCUT2D eigenvalue weighted by atomic mass is 32.2. The van der Waals surface area contributed by atoms with Crippen LogP contribution in [0.2, 0.25) is 0 Å². The molecule has 3 aromatic rings. The van der Waals surface area contributed by atoms with Crippen molar-refractivity contribution in [3.8, 4) is 17.2 Å². The molecule has 3 aromatic carbocycles. The number of benzene rings is 3. The molecule has 2 aliphatic heterocycles. The van der Waals surface area contributed by atoms with Crippen LogP contribution in [0.25, 0.3) is 0 Å². The van der Waals surface area contributed by atoms with Gasteiger partial charge in [-0.2, -0.15) is 0 Å². The minimum atomic E-state index is -3.97. The van der Waals surface area contributed by atoms with E-state index in [4.69, 9.17) is 14.2 Å². The molecule has 0 saturated heterocycles. The third kappa shape index (κ3) is 4.35. The first-order valence-electron chi connectivity index (χ1n) is 11.4. The van der Waals surface area contributed by atoms with E-state index in [1.807, 2.05) is 6.92 Å². The number of nitrogens with zero attached hydrogens (tertiary/aromatic N) is 1. The number of carbonyl (C=O) groups excluding carboxylic acids is 2. The van der Waals surface area contributed by atoms with Gasteiger partial charge < -0.3 is 24.4 Å². The summed E-state index contributed by atoms with van der Waals surface area (Å²) in [5, 5.41) is 1.62. The summed E-state index contributed by atoms with van der Waals surface area (Å²) < 4.78 is 43.8. The van der Waals surface area contributed by atoms with Crippen LogP contribution in [0.1, 0.15) is 24.2 Å². The van der Waals surface area contributed by atoms with Gasteiger partial charge in [0.25, 0.3) is 0 Å². The predicted molar refractivity (Wildman–Crippen MR) is 132 cm³/mol. The fourth-order valence-electron chi connectivity index (χ4n) is 4.36. The van der Waals surface area contributed by atoms with Crippen LogP contribution >= 0.6 is 0 Å². The van der Waals surface area contributed by atoms with Crippen molar-refractivity contribution in [2.24, 2.45) is 0 Å². The number of ether oxygens (including phenoxy) is 3. The Kier molecular flexibility index (Phi) is 6.27. The van der Waals surface area contributed by atoms with Crippen molar-refractivity contribution in [3.63, 3.8) is 0 Å². The molecule has 0 aromatic heterocycles. The average Bonchev–Trinajstić information content (AvgIpc) is 3.32. The number of nitrogens with one attached hydrogen (secondary N) is 1. The van der Waals surface area contributed by atoms with Gasteiger partial charge in [-0.1, -0.05) is 30.3 Å². The van der Waals surface area contributed by atoms with Crippen LogP contribution in [0, 0.1) is 0 Å². The summed E-state index contributed by atoms with van der Waals surface area (Å²) in [6.07, 6.45) is -0.334. The Morgan fingerprint density at radius 1 is 1.06 bits per heavy atom. The normalized spacial score (nSPS) is 17.8. The topological polar surface area (TPSA) is 111 Å². The largest absolute Gasteiger partial charge is 0.492 e. The van der Waals surface area contributed by atoms with Crippen molar-refractivity contribution in [2.45, 2.75) is 23.5 Å². The van der Waals surface area contributed by atoms with Crippen molar-refractivity contribution in [2.75, 3.05) is 30.2 Å². The number of sulfone groups is 1. The Labute approximate surface area is 208 Å². The first-order chi connectivity index (χ1) is 17.4. The summed E-state index contributed by atoms with van der Waals surface area (Å²) in [4.78, 5) is 27.7. The number of amides is 2. The lowest BCUT2D eigenvalue weighted by Gasteiger charge is -2.22. The van der Waals surface area contributed by atoms with Crippen molar-refractivity contribution < 1.29 is 32.2 Å². The van der Waals surface area contributed by atoms with E-state index in [1.54, 1.807) is 54.6 Å². The third-order valence-corrected chi connectivity index (χ3v) is 8.18. The molecule has 10 heteroatoms. The first kappa shape index (κ1) is 23.7. The molecule has 0 fully saturated rings. The number of para-hydroxylation sites is 3. The summed E-state index contributed by atoms with van der Waals surface area (Å²) in [7, 11) is -3.97. The molecule has 1 unspecified atom stereocenters. The fraction of sp³-hybridized carbons (Fsp3) is 0.231. The van der Waals surface area contributed by atoms with Gasteiger partial charge in [0.1, 0.15) is 12.3 Å². The number of carbonyl (C=O) groups is 2. The number of anilines is 2. The molecule has 1 N–H and O–H groups in total. The number of rotatable bonds is 6. The van der Waals surface area contributed by atoms with E-state index in [0.717, 1.165) is 0 Å². The molecule has 2 aliphatic rings. The molecule has 2 heterocycles. The van der Waals surface area contributed by atoms with Gasteiger partial charge in [-0.3, -0.25) is 9.59 Å². The fourth-order valence-corrected chi connectivity index (χ4v) is 6.27. The number of fused-ring (bicyclic) bond motifs is 2. The second kappa shape index (κ2) is 9.54. The monoisotopic (exact) mass is 508 g/mol. The van der Waals surface area contributed by atoms with E-state index in [-0.39, 0.29) is 30.3 Å². The minimum Gasteiger partial charge on any atom is -0.492 e. The maximum absolute atomic E-state index is 13.7. The van der Waals surface area contributed by atoms with E-state index < -0.39 is 26.9 Å². The van der Waals surface area contributed by atoms with Crippen LogP contribution in [0.15, 0.2) is 71.6 Å². The summed E-state index contributed by atoms with van der Waals surface area (Å²) >= 11 is 0. The summed E-state index contributed by atoms with van der Waals surface area (Å²) in [5.74, 6) is 0.476. The van der Waals surface area contributed by atoms with E-state index in [2.05, 4.69) is 5.32 Å². The van der Waals surface area contributed by atoms with Gasteiger partial charge in [0, 0.05) is 6.42 Å². The SMILES string of the molecule is CCOc1ccccc1NC(=O)CN1C(=O)CC(c2ccc3c(c2)OCO3)S(=O)(=O)c2ccccc21.